The first-order chi connectivity index (χ1) is 12.1. The zero-order chi connectivity index (χ0) is 17.4. The minimum absolute atomic E-state index is 0.190. The third-order valence-electron chi connectivity index (χ3n) is 5.51. The van der Waals surface area contributed by atoms with Gasteiger partial charge in [0.05, 0.1) is 11.8 Å². The summed E-state index contributed by atoms with van der Waals surface area (Å²) in [6, 6.07) is 14.1. The Morgan fingerprint density at radius 3 is 2.44 bits per heavy atom. The van der Waals surface area contributed by atoms with Gasteiger partial charge >= 0.3 is 0 Å². The van der Waals surface area contributed by atoms with E-state index < -0.39 is 0 Å². The van der Waals surface area contributed by atoms with Crippen molar-refractivity contribution >= 4 is 28.3 Å². The van der Waals surface area contributed by atoms with Crippen molar-refractivity contribution in [3.8, 4) is 5.75 Å². The van der Waals surface area contributed by atoms with Gasteiger partial charge in [-0.05, 0) is 58.3 Å². The Morgan fingerprint density at radius 1 is 0.920 bits per heavy atom. The molecule has 0 unspecified atom stereocenters. The first-order valence-electron chi connectivity index (χ1n) is 8.85. The van der Waals surface area contributed by atoms with Gasteiger partial charge in [0.1, 0.15) is 5.75 Å². The van der Waals surface area contributed by atoms with Crippen LogP contribution >= 0.6 is 22.6 Å². The Bertz CT molecular complexity index is 759. The number of phenols is 1. The lowest BCUT2D eigenvalue weighted by Crippen LogP contribution is -2.56. The topological polar surface area (TPSA) is 46.9 Å². The summed E-state index contributed by atoms with van der Waals surface area (Å²) < 4.78 is 1.31. The lowest BCUT2D eigenvalue weighted by atomic mass is 9.85. The predicted octanol–water partition coefficient (Wildman–Crippen LogP) is 2.65. The van der Waals surface area contributed by atoms with Crippen LogP contribution in [-0.4, -0.2) is 53.4 Å². The summed E-state index contributed by atoms with van der Waals surface area (Å²) in [5, 5.41) is 20.8. The van der Waals surface area contributed by atoms with Gasteiger partial charge in [-0.2, -0.15) is 0 Å². The van der Waals surface area contributed by atoms with Crippen molar-refractivity contribution in [3.63, 3.8) is 0 Å². The van der Waals surface area contributed by atoms with E-state index in [1.807, 2.05) is 18.2 Å². The summed E-state index contributed by atoms with van der Waals surface area (Å²) in [6.45, 7) is 3.57. The number of piperazine rings is 1. The zero-order valence-electron chi connectivity index (χ0n) is 14.1. The molecule has 1 heterocycles. The van der Waals surface area contributed by atoms with Gasteiger partial charge in [0, 0.05) is 42.2 Å². The van der Waals surface area contributed by atoms with Gasteiger partial charge < -0.3 is 15.1 Å². The zero-order valence-corrected chi connectivity index (χ0v) is 16.3. The second-order valence-corrected chi connectivity index (χ2v) is 8.09. The average Bonchev–Trinajstić information content (AvgIpc) is 2.62. The van der Waals surface area contributed by atoms with Gasteiger partial charge in [-0.15, -0.1) is 0 Å². The third-order valence-corrected chi connectivity index (χ3v) is 6.52. The molecular weight excluding hydrogens is 427 g/mol. The van der Waals surface area contributed by atoms with Crippen LogP contribution in [0.5, 0.6) is 5.75 Å². The number of aromatic hydroxyl groups is 1. The van der Waals surface area contributed by atoms with Crippen LogP contribution in [0, 0.1) is 3.57 Å². The number of rotatable bonds is 2. The van der Waals surface area contributed by atoms with E-state index in [1.54, 1.807) is 6.07 Å². The second kappa shape index (κ2) is 7.13. The lowest BCUT2D eigenvalue weighted by Gasteiger charge is -2.43. The molecule has 4 rings (SSSR count). The van der Waals surface area contributed by atoms with E-state index in [0.29, 0.717) is 5.75 Å². The summed E-state index contributed by atoms with van der Waals surface area (Å²) >= 11 is 2.41. The highest BCUT2D eigenvalue weighted by Crippen LogP contribution is 2.31. The Balaban J connectivity index is 1.46. The van der Waals surface area contributed by atoms with Crippen LogP contribution in [0.25, 0.3) is 0 Å². The fourth-order valence-corrected chi connectivity index (χ4v) is 4.90. The molecular formula is C20H23IN2O2. The van der Waals surface area contributed by atoms with Crippen LogP contribution in [-0.2, 0) is 12.8 Å². The monoisotopic (exact) mass is 450 g/mol. The van der Waals surface area contributed by atoms with E-state index in [2.05, 4.69) is 50.6 Å². The van der Waals surface area contributed by atoms with Crippen LogP contribution < -0.4 is 4.90 Å². The molecule has 2 aromatic carbocycles. The Hall–Kier alpha value is -1.31. The maximum Gasteiger partial charge on any atom is 0.138 e. The summed E-state index contributed by atoms with van der Waals surface area (Å²) in [7, 11) is 0. The maximum atomic E-state index is 10.7. The van der Waals surface area contributed by atoms with Crippen molar-refractivity contribution < 1.29 is 10.2 Å². The number of fused-ring (bicyclic) bond motifs is 1. The minimum Gasteiger partial charge on any atom is -0.506 e. The summed E-state index contributed by atoms with van der Waals surface area (Å²) in [5.41, 5.74) is 3.61. The highest BCUT2D eigenvalue weighted by atomic mass is 127. The first-order valence-corrected chi connectivity index (χ1v) is 9.92. The fourth-order valence-electron chi connectivity index (χ4n) is 4.13. The molecule has 1 aliphatic carbocycles. The number of hydrogen-bond acceptors (Lipinski definition) is 4. The van der Waals surface area contributed by atoms with Crippen LogP contribution in [0.4, 0.5) is 5.69 Å². The molecule has 0 bridgehead atoms. The number of halogens is 1. The van der Waals surface area contributed by atoms with Crippen molar-refractivity contribution in [2.75, 3.05) is 31.1 Å². The Labute approximate surface area is 162 Å². The molecule has 0 spiro atoms. The summed E-state index contributed by atoms with van der Waals surface area (Å²) in [4.78, 5) is 4.66. The highest BCUT2D eigenvalue weighted by molar-refractivity contribution is 14.1. The molecule has 2 atom stereocenters. The van der Waals surface area contributed by atoms with E-state index in [4.69, 9.17) is 0 Å². The molecule has 132 valence electrons. The number of aliphatic hydroxyl groups is 1. The van der Waals surface area contributed by atoms with Crippen LogP contribution in [0.15, 0.2) is 42.5 Å². The number of para-hydroxylation sites is 2. The standard InChI is InChI=1S/C20H23IN2O2/c21-16-5-3-4-14-12-20(25)18(13-15(14)16)23-10-8-22(9-11-23)17-6-1-2-7-19(17)24/h1-7,18,20,24-25H,8-13H2/t18-,20-/m0/s1. The molecule has 4 nitrogen and oxygen atoms in total. The number of hydrogen-bond donors (Lipinski definition) is 2. The van der Waals surface area contributed by atoms with Gasteiger partial charge in [0.25, 0.3) is 0 Å². The Kier molecular flexibility index (Phi) is 4.88. The molecule has 1 aliphatic heterocycles. The molecule has 25 heavy (non-hydrogen) atoms. The van der Waals surface area contributed by atoms with E-state index in [1.165, 1.54) is 14.7 Å². The second-order valence-electron chi connectivity index (χ2n) is 6.93. The van der Waals surface area contributed by atoms with Gasteiger partial charge in [-0.1, -0.05) is 24.3 Å². The minimum atomic E-state index is -0.303. The predicted molar refractivity (Wildman–Crippen MR) is 108 cm³/mol. The molecule has 2 N–H and O–H groups in total. The number of nitrogens with zero attached hydrogens (tertiary/aromatic N) is 2. The largest absolute Gasteiger partial charge is 0.506 e. The van der Waals surface area contributed by atoms with Crippen LogP contribution in [0.2, 0.25) is 0 Å². The van der Waals surface area contributed by atoms with Crippen molar-refractivity contribution in [3.05, 3.63) is 57.2 Å². The highest BCUT2D eigenvalue weighted by Gasteiger charge is 2.34. The molecule has 0 amide bonds. The molecule has 2 aliphatic rings. The quantitative estimate of drug-likeness (QED) is 0.691. The molecule has 2 aromatic rings. The van der Waals surface area contributed by atoms with Crippen molar-refractivity contribution in [2.45, 2.75) is 25.0 Å². The van der Waals surface area contributed by atoms with E-state index in [9.17, 15) is 10.2 Å². The third kappa shape index (κ3) is 3.37. The number of benzene rings is 2. The molecule has 0 saturated carbocycles. The molecule has 5 heteroatoms. The van der Waals surface area contributed by atoms with E-state index >= 15 is 0 Å². The van der Waals surface area contributed by atoms with Gasteiger partial charge in [-0.25, -0.2) is 0 Å². The molecule has 1 fully saturated rings. The number of aliphatic hydroxyl groups excluding tert-OH is 1. The maximum absolute atomic E-state index is 10.7. The van der Waals surface area contributed by atoms with Crippen molar-refractivity contribution in [2.24, 2.45) is 0 Å². The molecule has 0 radical (unpaired) electrons. The van der Waals surface area contributed by atoms with Crippen LogP contribution in [0.3, 0.4) is 0 Å². The smallest absolute Gasteiger partial charge is 0.138 e. The van der Waals surface area contributed by atoms with Gasteiger partial charge in [0.2, 0.25) is 0 Å². The summed E-state index contributed by atoms with van der Waals surface area (Å²) in [5.74, 6) is 0.345. The summed E-state index contributed by atoms with van der Waals surface area (Å²) in [6.07, 6.45) is 1.37. The lowest BCUT2D eigenvalue weighted by molar-refractivity contribution is 0.0393. The fraction of sp³-hybridized carbons (Fsp3) is 0.400. The van der Waals surface area contributed by atoms with Crippen molar-refractivity contribution in [1.82, 2.24) is 4.90 Å². The van der Waals surface area contributed by atoms with Gasteiger partial charge in [0.15, 0.2) is 0 Å². The average molecular weight is 450 g/mol. The number of phenolic OH excluding ortho intramolecular Hbond substituents is 1. The Morgan fingerprint density at radius 2 is 1.68 bits per heavy atom. The van der Waals surface area contributed by atoms with Crippen molar-refractivity contribution in [1.29, 1.82) is 0 Å². The van der Waals surface area contributed by atoms with Gasteiger partial charge in [-0.3, -0.25) is 4.90 Å². The van der Waals surface area contributed by atoms with Crippen LogP contribution in [0.1, 0.15) is 11.1 Å². The van der Waals surface area contributed by atoms with E-state index in [0.717, 1.165) is 44.7 Å². The molecule has 1 saturated heterocycles. The normalized spacial score (nSPS) is 24.2. The molecule has 0 aromatic heterocycles. The SMILES string of the molecule is Oc1ccccc1N1CCN([C@H]2Cc3c(I)cccc3C[C@@H]2O)CC1. The number of anilines is 1. The van der Waals surface area contributed by atoms with E-state index in [-0.39, 0.29) is 12.1 Å². The first kappa shape index (κ1) is 17.1.